The minimum Gasteiger partial charge on any atom is -0.364 e. The molecule has 2 rings (SSSR count). The number of nitrogens with zero attached hydrogens (tertiary/aromatic N) is 1. The molecule has 2 N–H and O–H groups in total. The second kappa shape index (κ2) is 3.94. The molecule has 0 amide bonds. The molecular formula is C12H17N3S. The Morgan fingerprint density at radius 2 is 2.12 bits per heavy atom. The van der Waals surface area contributed by atoms with Crippen LogP contribution in [0.1, 0.15) is 26.3 Å². The Morgan fingerprint density at radius 3 is 2.69 bits per heavy atom. The summed E-state index contributed by atoms with van der Waals surface area (Å²) in [5, 5.41) is 12.8. The molecule has 3 nitrogen and oxygen atoms in total. The Morgan fingerprint density at radius 1 is 1.38 bits per heavy atom. The Kier molecular flexibility index (Phi) is 2.76. The predicted octanol–water partition coefficient (Wildman–Crippen LogP) is 3.66. The average Bonchev–Trinajstić information content (AvgIpc) is 2.71. The maximum Gasteiger partial charge on any atom is 0.148 e. The highest BCUT2D eigenvalue weighted by Gasteiger charge is 2.13. The first-order valence-corrected chi connectivity index (χ1v) is 6.22. The van der Waals surface area contributed by atoms with Crippen molar-refractivity contribution in [2.75, 3.05) is 5.32 Å². The molecule has 0 fully saturated rings. The normalized spacial score (nSPS) is 11.8. The maximum absolute atomic E-state index is 4.27. The first-order valence-electron chi connectivity index (χ1n) is 5.34. The first kappa shape index (κ1) is 11.2. The number of aromatic nitrogens is 2. The van der Waals surface area contributed by atoms with Crippen LogP contribution in [-0.4, -0.2) is 15.7 Å². The van der Waals surface area contributed by atoms with Gasteiger partial charge in [-0.25, -0.2) is 0 Å². The second-order valence-electron chi connectivity index (χ2n) is 4.97. The van der Waals surface area contributed by atoms with Gasteiger partial charge in [0.1, 0.15) is 5.82 Å². The number of H-pyrrole nitrogens is 1. The zero-order valence-electron chi connectivity index (χ0n) is 10.1. The molecule has 0 atom stereocenters. The lowest BCUT2D eigenvalue weighted by Crippen LogP contribution is -2.26. The number of anilines is 1. The minimum atomic E-state index is 0.0386. The van der Waals surface area contributed by atoms with Crippen molar-refractivity contribution in [2.24, 2.45) is 0 Å². The van der Waals surface area contributed by atoms with Crippen LogP contribution in [0.3, 0.4) is 0 Å². The summed E-state index contributed by atoms with van der Waals surface area (Å²) >= 11 is 1.73. The fourth-order valence-electron chi connectivity index (χ4n) is 1.53. The van der Waals surface area contributed by atoms with E-state index >= 15 is 0 Å². The van der Waals surface area contributed by atoms with Gasteiger partial charge in [0.05, 0.1) is 10.6 Å². The van der Waals surface area contributed by atoms with Crippen molar-refractivity contribution in [3.63, 3.8) is 0 Å². The van der Waals surface area contributed by atoms with Crippen LogP contribution in [-0.2, 0) is 0 Å². The Labute approximate surface area is 99.9 Å². The number of rotatable bonds is 2. The van der Waals surface area contributed by atoms with E-state index < -0.39 is 0 Å². The fraction of sp³-hybridized carbons (Fsp3) is 0.417. The van der Waals surface area contributed by atoms with Gasteiger partial charge in [0, 0.05) is 11.6 Å². The molecule has 0 aliphatic rings. The summed E-state index contributed by atoms with van der Waals surface area (Å²) in [4.78, 5) is 1.26. The summed E-state index contributed by atoms with van der Waals surface area (Å²) in [6.07, 6.45) is 0. The molecule has 4 heteroatoms. The van der Waals surface area contributed by atoms with Gasteiger partial charge in [-0.3, -0.25) is 5.10 Å². The van der Waals surface area contributed by atoms with Crippen molar-refractivity contribution in [1.29, 1.82) is 0 Å². The maximum atomic E-state index is 4.27. The Balaban J connectivity index is 2.24. The van der Waals surface area contributed by atoms with Crippen LogP contribution >= 0.6 is 11.3 Å². The lowest BCUT2D eigenvalue weighted by atomic mass is 10.1. The van der Waals surface area contributed by atoms with Crippen molar-refractivity contribution in [2.45, 2.75) is 33.2 Å². The Bertz CT molecular complexity index is 476. The largest absolute Gasteiger partial charge is 0.364 e. The van der Waals surface area contributed by atoms with Crippen LogP contribution in [0, 0.1) is 6.92 Å². The zero-order valence-corrected chi connectivity index (χ0v) is 10.9. The average molecular weight is 235 g/mol. The number of nitrogens with one attached hydrogen (secondary N) is 2. The van der Waals surface area contributed by atoms with E-state index in [2.05, 4.69) is 60.7 Å². The summed E-state index contributed by atoms with van der Waals surface area (Å²) in [5.41, 5.74) is 2.41. The standard InChI is InChI=1S/C12H17N3S/c1-8-5-6-16-11(8)9-7-10(15-14-9)13-12(2,3)4/h5-7H,1-4H3,(H2,13,14,15). The van der Waals surface area contributed by atoms with E-state index in [-0.39, 0.29) is 5.54 Å². The minimum absolute atomic E-state index is 0.0386. The molecule has 0 spiro atoms. The van der Waals surface area contributed by atoms with Gasteiger partial charge in [0.15, 0.2) is 0 Å². The number of aromatic amines is 1. The van der Waals surface area contributed by atoms with Crippen molar-refractivity contribution >= 4 is 17.2 Å². The van der Waals surface area contributed by atoms with Crippen LogP contribution in [0.4, 0.5) is 5.82 Å². The van der Waals surface area contributed by atoms with Gasteiger partial charge >= 0.3 is 0 Å². The van der Waals surface area contributed by atoms with E-state index in [0.717, 1.165) is 11.5 Å². The lowest BCUT2D eigenvalue weighted by molar-refractivity contribution is 0.630. The summed E-state index contributed by atoms with van der Waals surface area (Å²) in [5.74, 6) is 0.898. The summed E-state index contributed by atoms with van der Waals surface area (Å²) < 4.78 is 0. The molecule has 2 heterocycles. The third-order valence-corrected chi connectivity index (χ3v) is 3.24. The van der Waals surface area contributed by atoms with E-state index in [0.29, 0.717) is 0 Å². The van der Waals surface area contributed by atoms with E-state index in [1.54, 1.807) is 11.3 Å². The van der Waals surface area contributed by atoms with Gasteiger partial charge in [0.2, 0.25) is 0 Å². The van der Waals surface area contributed by atoms with E-state index in [9.17, 15) is 0 Å². The number of hydrogen-bond donors (Lipinski definition) is 2. The smallest absolute Gasteiger partial charge is 0.148 e. The molecule has 0 aromatic carbocycles. The zero-order chi connectivity index (χ0) is 11.8. The highest BCUT2D eigenvalue weighted by Crippen LogP contribution is 2.29. The van der Waals surface area contributed by atoms with Crippen molar-refractivity contribution < 1.29 is 0 Å². The van der Waals surface area contributed by atoms with Gasteiger partial charge in [-0.1, -0.05) is 0 Å². The van der Waals surface area contributed by atoms with Gasteiger partial charge < -0.3 is 5.32 Å². The molecule has 0 saturated heterocycles. The van der Waals surface area contributed by atoms with Crippen molar-refractivity contribution in [3.05, 3.63) is 23.1 Å². The van der Waals surface area contributed by atoms with Crippen LogP contribution in [0.25, 0.3) is 10.6 Å². The SMILES string of the molecule is Cc1ccsc1-c1cc(NC(C)(C)C)n[nH]1. The van der Waals surface area contributed by atoms with Crippen LogP contribution < -0.4 is 5.32 Å². The van der Waals surface area contributed by atoms with Crippen molar-refractivity contribution in [1.82, 2.24) is 10.2 Å². The molecule has 0 unspecified atom stereocenters. The molecule has 86 valence electrons. The van der Waals surface area contributed by atoms with Gasteiger partial charge in [0.25, 0.3) is 0 Å². The molecule has 0 radical (unpaired) electrons. The fourth-order valence-corrected chi connectivity index (χ4v) is 2.43. The van der Waals surface area contributed by atoms with E-state index in [1.807, 2.05) is 0 Å². The molecule has 2 aromatic heterocycles. The molecule has 0 aliphatic carbocycles. The van der Waals surface area contributed by atoms with E-state index in [4.69, 9.17) is 0 Å². The summed E-state index contributed by atoms with van der Waals surface area (Å²) in [6.45, 7) is 8.48. The van der Waals surface area contributed by atoms with Gasteiger partial charge in [-0.15, -0.1) is 11.3 Å². The lowest BCUT2D eigenvalue weighted by Gasteiger charge is -2.19. The molecule has 0 aliphatic heterocycles. The van der Waals surface area contributed by atoms with Gasteiger partial charge in [-0.05, 0) is 44.7 Å². The third kappa shape index (κ3) is 2.44. The quantitative estimate of drug-likeness (QED) is 0.834. The highest BCUT2D eigenvalue weighted by atomic mass is 32.1. The molecular weight excluding hydrogens is 218 g/mol. The molecule has 0 bridgehead atoms. The number of thiophene rings is 1. The summed E-state index contributed by atoms with van der Waals surface area (Å²) in [7, 11) is 0. The van der Waals surface area contributed by atoms with Crippen LogP contribution in [0.2, 0.25) is 0 Å². The van der Waals surface area contributed by atoms with E-state index in [1.165, 1.54) is 10.4 Å². The molecule has 0 saturated carbocycles. The van der Waals surface area contributed by atoms with Gasteiger partial charge in [-0.2, -0.15) is 5.10 Å². The molecule has 2 aromatic rings. The first-order chi connectivity index (χ1) is 7.46. The Hall–Kier alpha value is -1.29. The van der Waals surface area contributed by atoms with Crippen LogP contribution in [0.15, 0.2) is 17.5 Å². The highest BCUT2D eigenvalue weighted by molar-refractivity contribution is 7.13. The number of hydrogen-bond acceptors (Lipinski definition) is 3. The second-order valence-corrected chi connectivity index (χ2v) is 5.89. The van der Waals surface area contributed by atoms with Crippen molar-refractivity contribution in [3.8, 4) is 10.6 Å². The topological polar surface area (TPSA) is 40.7 Å². The predicted molar refractivity (Wildman–Crippen MR) is 70.0 cm³/mol. The third-order valence-electron chi connectivity index (χ3n) is 2.19. The molecule has 16 heavy (non-hydrogen) atoms. The monoisotopic (exact) mass is 235 g/mol. The summed E-state index contributed by atoms with van der Waals surface area (Å²) in [6, 6.07) is 4.18. The number of aryl methyl sites for hydroxylation is 1. The van der Waals surface area contributed by atoms with Crippen LogP contribution in [0.5, 0.6) is 0 Å².